The van der Waals surface area contributed by atoms with Gasteiger partial charge in [0, 0.05) is 31.9 Å². The zero-order valence-corrected chi connectivity index (χ0v) is 13.8. The SMILES string of the molecule is Cc1cccc(N2CCN(C(=O)C(Cl)(Cl)Cl)CC2)c1C. The number of hydrogen-bond acceptors (Lipinski definition) is 2. The molecule has 0 bridgehead atoms. The molecule has 0 radical (unpaired) electrons. The summed E-state index contributed by atoms with van der Waals surface area (Å²) in [6, 6.07) is 6.26. The topological polar surface area (TPSA) is 23.6 Å². The van der Waals surface area contributed by atoms with Crippen molar-refractivity contribution in [3.63, 3.8) is 0 Å². The Morgan fingerprint density at radius 2 is 1.70 bits per heavy atom. The molecular formula is C14H17Cl3N2O. The Labute approximate surface area is 134 Å². The molecule has 3 nitrogen and oxygen atoms in total. The zero-order chi connectivity index (χ0) is 14.9. The van der Waals surface area contributed by atoms with Gasteiger partial charge in [-0.05, 0) is 31.0 Å². The molecule has 0 saturated carbocycles. The maximum absolute atomic E-state index is 11.9. The minimum atomic E-state index is -1.86. The maximum Gasteiger partial charge on any atom is 0.274 e. The lowest BCUT2D eigenvalue weighted by Gasteiger charge is -2.38. The molecule has 6 heteroatoms. The van der Waals surface area contributed by atoms with E-state index < -0.39 is 9.70 Å². The summed E-state index contributed by atoms with van der Waals surface area (Å²) in [4.78, 5) is 15.8. The number of amides is 1. The number of benzene rings is 1. The van der Waals surface area contributed by atoms with Crippen molar-refractivity contribution in [2.75, 3.05) is 31.1 Å². The van der Waals surface area contributed by atoms with Gasteiger partial charge >= 0.3 is 0 Å². The van der Waals surface area contributed by atoms with Crippen LogP contribution in [0.1, 0.15) is 11.1 Å². The number of hydrogen-bond donors (Lipinski definition) is 0. The van der Waals surface area contributed by atoms with Crippen molar-refractivity contribution in [3.05, 3.63) is 29.3 Å². The quantitative estimate of drug-likeness (QED) is 0.735. The molecule has 20 heavy (non-hydrogen) atoms. The highest BCUT2D eigenvalue weighted by Crippen LogP contribution is 2.30. The first-order chi connectivity index (χ1) is 9.30. The molecule has 1 amide bonds. The largest absolute Gasteiger partial charge is 0.368 e. The first-order valence-electron chi connectivity index (χ1n) is 6.48. The summed E-state index contributed by atoms with van der Waals surface area (Å²) in [6.45, 7) is 6.85. The molecule has 0 N–H and O–H groups in total. The predicted octanol–water partition coefficient (Wildman–Crippen LogP) is 3.32. The molecule has 0 spiro atoms. The van der Waals surface area contributed by atoms with Crippen LogP contribution in [-0.4, -0.2) is 40.8 Å². The molecule has 1 aliphatic rings. The number of piperazine rings is 1. The molecule has 0 unspecified atom stereocenters. The van der Waals surface area contributed by atoms with Crippen molar-refractivity contribution in [2.24, 2.45) is 0 Å². The van der Waals surface area contributed by atoms with Gasteiger partial charge in [-0.15, -0.1) is 0 Å². The molecule has 1 saturated heterocycles. The van der Waals surface area contributed by atoms with Crippen LogP contribution in [0, 0.1) is 13.8 Å². The summed E-state index contributed by atoms with van der Waals surface area (Å²) in [5.41, 5.74) is 3.75. The standard InChI is InChI=1S/C14H17Cl3N2O/c1-10-4-3-5-12(11(10)2)18-6-8-19(9-7-18)13(20)14(15,16)17/h3-5H,6-9H2,1-2H3. The minimum absolute atomic E-state index is 0.442. The molecule has 1 aromatic carbocycles. The summed E-state index contributed by atoms with van der Waals surface area (Å²) in [5.74, 6) is -0.442. The number of carbonyl (C=O) groups excluding carboxylic acids is 1. The van der Waals surface area contributed by atoms with Crippen LogP contribution >= 0.6 is 34.8 Å². The predicted molar refractivity (Wildman–Crippen MR) is 85.0 cm³/mol. The maximum atomic E-state index is 11.9. The second-order valence-corrected chi connectivity index (χ2v) is 7.28. The van der Waals surface area contributed by atoms with Gasteiger partial charge < -0.3 is 9.80 Å². The van der Waals surface area contributed by atoms with Crippen LogP contribution < -0.4 is 4.90 Å². The van der Waals surface area contributed by atoms with Crippen LogP contribution in [0.3, 0.4) is 0 Å². The van der Waals surface area contributed by atoms with E-state index in [1.54, 1.807) is 4.90 Å². The van der Waals surface area contributed by atoms with Gasteiger partial charge in [-0.25, -0.2) is 0 Å². The van der Waals surface area contributed by atoms with E-state index >= 15 is 0 Å². The molecule has 2 rings (SSSR count). The van der Waals surface area contributed by atoms with E-state index in [9.17, 15) is 4.79 Å². The second kappa shape index (κ2) is 6.00. The number of carbonyl (C=O) groups is 1. The van der Waals surface area contributed by atoms with E-state index in [1.807, 2.05) is 0 Å². The van der Waals surface area contributed by atoms with Crippen molar-refractivity contribution in [1.82, 2.24) is 4.90 Å². The highest BCUT2D eigenvalue weighted by Gasteiger charge is 2.36. The van der Waals surface area contributed by atoms with Crippen LogP contribution in [0.25, 0.3) is 0 Å². The Balaban J connectivity index is 2.05. The molecule has 1 heterocycles. The third kappa shape index (κ3) is 3.33. The van der Waals surface area contributed by atoms with Gasteiger partial charge in [0.05, 0.1) is 0 Å². The third-order valence-corrected chi connectivity index (χ3v) is 4.21. The van der Waals surface area contributed by atoms with Crippen LogP contribution in [0.5, 0.6) is 0 Å². The zero-order valence-electron chi connectivity index (χ0n) is 11.5. The fourth-order valence-electron chi connectivity index (χ4n) is 2.41. The van der Waals surface area contributed by atoms with Crippen molar-refractivity contribution >= 4 is 46.4 Å². The van der Waals surface area contributed by atoms with Gasteiger partial charge in [0.15, 0.2) is 0 Å². The normalized spacial score (nSPS) is 16.4. The van der Waals surface area contributed by atoms with Crippen LogP contribution in [-0.2, 0) is 4.79 Å². The Morgan fingerprint density at radius 3 is 2.25 bits per heavy atom. The highest BCUT2D eigenvalue weighted by atomic mass is 35.6. The number of rotatable bonds is 1. The Kier molecular flexibility index (Phi) is 4.73. The average molecular weight is 336 g/mol. The van der Waals surface area contributed by atoms with E-state index in [4.69, 9.17) is 34.8 Å². The summed E-state index contributed by atoms with van der Waals surface area (Å²) in [5, 5.41) is 0. The number of aryl methyl sites for hydroxylation is 1. The molecule has 0 atom stereocenters. The second-order valence-electron chi connectivity index (χ2n) is 5.00. The van der Waals surface area contributed by atoms with E-state index in [-0.39, 0.29) is 0 Å². The van der Waals surface area contributed by atoms with Gasteiger partial charge in [-0.1, -0.05) is 46.9 Å². The monoisotopic (exact) mass is 334 g/mol. The fraction of sp³-hybridized carbons (Fsp3) is 0.500. The van der Waals surface area contributed by atoms with Crippen molar-refractivity contribution in [2.45, 2.75) is 17.6 Å². The van der Waals surface area contributed by atoms with Crippen molar-refractivity contribution < 1.29 is 4.79 Å². The number of nitrogens with zero attached hydrogens (tertiary/aromatic N) is 2. The smallest absolute Gasteiger partial charge is 0.274 e. The average Bonchev–Trinajstić information content (AvgIpc) is 2.40. The molecule has 0 aliphatic carbocycles. The lowest BCUT2D eigenvalue weighted by Crippen LogP contribution is -2.51. The Bertz CT molecular complexity index is 506. The third-order valence-electron chi connectivity index (χ3n) is 3.73. The fourth-order valence-corrected chi connectivity index (χ4v) is 2.77. The van der Waals surface area contributed by atoms with Gasteiger partial charge in [0.1, 0.15) is 0 Å². The molecule has 1 aromatic rings. The lowest BCUT2D eigenvalue weighted by atomic mass is 10.1. The van der Waals surface area contributed by atoms with Gasteiger partial charge in [-0.3, -0.25) is 4.79 Å². The molecule has 110 valence electrons. The first-order valence-corrected chi connectivity index (χ1v) is 7.61. The van der Waals surface area contributed by atoms with Crippen molar-refractivity contribution in [1.29, 1.82) is 0 Å². The van der Waals surface area contributed by atoms with Crippen molar-refractivity contribution in [3.8, 4) is 0 Å². The minimum Gasteiger partial charge on any atom is -0.368 e. The van der Waals surface area contributed by atoms with Crippen LogP contribution in [0.4, 0.5) is 5.69 Å². The van der Waals surface area contributed by atoms with E-state index in [0.717, 1.165) is 13.1 Å². The Hall–Kier alpha value is -0.640. The number of halogens is 3. The van der Waals surface area contributed by atoms with Crippen LogP contribution in [0.15, 0.2) is 18.2 Å². The molecular weight excluding hydrogens is 319 g/mol. The number of anilines is 1. The van der Waals surface area contributed by atoms with Crippen LogP contribution in [0.2, 0.25) is 0 Å². The Morgan fingerprint density at radius 1 is 1.10 bits per heavy atom. The van der Waals surface area contributed by atoms with E-state index in [2.05, 4.69) is 36.9 Å². The molecule has 1 aliphatic heterocycles. The van der Waals surface area contributed by atoms with E-state index in [1.165, 1.54) is 16.8 Å². The molecule has 1 fully saturated rings. The lowest BCUT2D eigenvalue weighted by molar-refractivity contribution is -0.130. The summed E-state index contributed by atoms with van der Waals surface area (Å²) in [7, 11) is 0. The summed E-state index contributed by atoms with van der Waals surface area (Å²) < 4.78 is -1.86. The summed E-state index contributed by atoms with van der Waals surface area (Å²) in [6.07, 6.45) is 0. The first kappa shape index (κ1) is 15.7. The van der Waals surface area contributed by atoms with Gasteiger partial charge in [0.2, 0.25) is 0 Å². The summed E-state index contributed by atoms with van der Waals surface area (Å²) >= 11 is 16.9. The van der Waals surface area contributed by atoms with E-state index in [0.29, 0.717) is 13.1 Å². The van der Waals surface area contributed by atoms with Gasteiger partial charge in [-0.2, -0.15) is 0 Å². The highest BCUT2D eigenvalue weighted by molar-refractivity contribution is 6.76. The molecule has 0 aromatic heterocycles. The van der Waals surface area contributed by atoms with Gasteiger partial charge in [0.25, 0.3) is 9.70 Å². The number of alkyl halides is 3.